The zero-order valence-corrected chi connectivity index (χ0v) is 20.6. The molecule has 0 radical (unpaired) electrons. The molecule has 3 aromatic heterocycles. The van der Waals surface area contributed by atoms with E-state index in [2.05, 4.69) is 23.3 Å². The second-order valence-corrected chi connectivity index (χ2v) is 11.2. The lowest BCUT2D eigenvalue weighted by Gasteiger charge is -2.05. The van der Waals surface area contributed by atoms with Gasteiger partial charge in [-0.3, -0.25) is 0 Å². The first kappa shape index (κ1) is 22.3. The molecule has 3 heterocycles. The molecule has 0 aliphatic rings. The molecule has 0 saturated carbocycles. The zero-order valence-electron chi connectivity index (χ0n) is 16.6. The van der Waals surface area contributed by atoms with Crippen molar-refractivity contribution in [2.45, 2.75) is 30.2 Å². The second kappa shape index (κ2) is 8.91. The van der Waals surface area contributed by atoms with Crippen molar-refractivity contribution in [1.82, 2.24) is 19.1 Å². The maximum atomic E-state index is 12.2. The Balaban J connectivity index is 1.91. The number of rotatable bonds is 6. The minimum absolute atomic E-state index is 0.0632. The number of aromatic nitrogens is 4. The summed E-state index contributed by atoms with van der Waals surface area (Å²) in [6.07, 6.45) is 1.65. The smallest absolute Gasteiger partial charge is 0.355 e. The van der Waals surface area contributed by atoms with Gasteiger partial charge in [-0.15, -0.1) is 11.8 Å². The summed E-state index contributed by atoms with van der Waals surface area (Å²) < 4.78 is 6.45. The van der Waals surface area contributed by atoms with E-state index in [-0.39, 0.29) is 5.69 Å². The van der Waals surface area contributed by atoms with Crippen molar-refractivity contribution in [3.05, 3.63) is 51.2 Å². The Bertz CT molecular complexity index is 1270. The summed E-state index contributed by atoms with van der Waals surface area (Å²) in [6.45, 7) is 5.96. The van der Waals surface area contributed by atoms with E-state index in [0.717, 1.165) is 21.0 Å². The van der Waals surface area contributed by atoms with Gasteiger partial charge in [-0.2, -0.15) is 9.78 Å². The first-order valence-corrected chi connectivity index (χ1v) is 12.4. The van der Waals surface area contributed by atoms with E-state index >= 15 is 0 Å². The Morgan fingerprint density at radius 3 is 2.61 bits per heavy atom. The quantitative estimate of drug-likeness (QED) is 0.283. The van der Waals surface area contributed by atoms with Crippen molar-refractivity contribution >= 4 is 63.8 Å². The van der Waals surface area contributed by atoms with E-state index in [1.807, 2.05) is 11.4 Å². The highest BCUT2D eigenvalue weighted by atomic mass is 35.5. The van der Waals surface area contributed by atoms with Crippen molar-refractivity contribution in [2.75, 3.05) is 0 Å². The summed E-state index contributed by atoms with van der Waals surface area (Å²) in [5, 5.41) is 18.0. The average Bonchev–Trinajstić information content (AvgIpc) is 3.41. The van der Waals surface area contributed by atoms with Gasteiger partial charge in [0.1, 0.15) is 0 Å². The fourth-order valence-corrected chi connectivity index (χ4v) is 6.35. The highest BCUT2D eigenvalue weighted by Crippen LogP contribution is 2.42. The molecule has 6 nitrogen and oxygen atoms in total. The highest BCUT2D eigenvalue weighted by molar-refractivity contribution is 8.01. The first-order chi connectivity index (χ1) is 14.8. The van der Waals surface area contributed by atoms with Crippen LogP contribution in [0.4, 0.5) is 0 Å². The molecule has 0 unspecified atom stereocenters. The van der Waals surface area contributed by atoms with Crippen molar-refractivity contribution in [3.63, 3.8) is 0 Å². The molecular weight excluding hydrogens is 495 g/mol. The SMILES string of the molecule is Cc1nn(-c2nc(-c3ccc(Cl)c(Cl)c3)c(SC(C)C)s2)c(C(=O)O)c1-c1cnsc1. The predicted molar refractivity (Wildman–Crippen MR) is 128 cm³/mol. The van der Waals surface area contributed by atoms with Crippen LogP contribution in [-0.2, 0) is 0 Å². The van der Waals surface area contributed by atoms with Gasteiger partial charge in [0.05, 0.1) is 25.6 Å². The van der Waals surface area contributed by atoms with E-state index in [1.165, 1.54) is 27.6 Å². The van der Waals surface area contributed by atoms with Gasteiger partial charge in [-0.05, 0) is 30.6 Å². The molecule has 1 N–H and O–H groups in total. The molecule has 31 heavy (non-hydrogen) atoms. The van der Waals surface area contributed by atoms with Crippen LogP contribution in [0, 0.1) is 6.92 Å². The molecule has 160 valence electrons. The number of carboxylic acid groups (broad SMARTS) is 1. The van der Waals surface area contributed by atoms with Crippen LogP contribution in [0.5, 0.6) is 0 Å². The predicted octanol–water partition coefficient (Wildman–Crippen LogP) is 6.93. The molecule has 11 heteroatoms. The minimum Gasteiger partial charge on any atom is -0.476 e. The van der Waals surface area contributed by atoms with Gasteiger partial charge in [0, 0.05) is 33.5 Å². The van der Waals surface area contributed by atoms with Crippen LogP contribution in [-0.4, -0.2) is 35.5 Å². The third-order valence-electron chi connectivity index (χ3n) is 4.29. The lowest BCUT2D eigenvalue weighted by molar-refractivity contribution is 0.0688. The molecule has 0 aliphatic heterocycles. The van der Waals surface area contributed by atoms with Crippen LogP contribution >= 0.6 is 57.8 Å². The van der Waals surface area contributed by atoms with Gasteiger partial charge in [0.25, 0.3) is 0 Å². The van der Waals surface area contributed by atoms with Gasteiger partial charge in [0.2, 0.25) is 5.13 Å². The van der Waals surface area contributed by atoms with Crippen molar-refractivity contribution < 1.29 is 9.90 Å². The fourth-order valence-electron chi connectivity index (χ4n) is 3.04. The summed E-state index contributed by atoms with van der Waals surface area (Å²) in [7, 11) is 0. The first-order valence-electron chi connectivity index (χ1n) is 9.12. The largest absolute Gasteiger partial charge is 0.476 e. The summed E-state index contributed by atoms with van der Waals surface area (Å²) in [5.41, 5.74) is 3.47. The minimum atomic E-state index is -1.08. The summed E-state index contributed by atoms with van der Waals surface area (Å²) in [5.74, 6) is -1.08. The molecule has 0 amide bonds. The summed E-state index contributed by atoms with van der Waals surface area (Å²) in [6, 6.07) is 5.35. The third kappa shape index (κ3) is 4.38. The second-order valence-electron chi connectivity index (χ2n) is 6.87. The Morgan fingerprint density at radius 2 is 2.00 bits per heavy atom. The normalized spacial score (nSPS) is 11.4. The highest BCUT2D eigenvalue weighted by Gasteiger charge is 2.27. The number of halogens is 2. The van der Waals surface area contributed by atoms with Gasteiger partial charge in [-0.1, -0.05) is 54.5 Å². The lowest BCUT2D eigenvalue weighted by Crippen LogP contribution is -2.08. The van der Waals surface area contributed by atoms with Gasteiger partial charge in [0.15, 0.2) is 5.69 Å². The number of carbonyl (C=O) groups is 1. The Labute approximate surface area is 201 Å². The van der Waals surface area contributed by atoms with Crippen LogP contribution in [0.2, 0.25) is 10.0 Å². The number of hydrogen-bond donors (Lipinski definition) is 1. The molecular formula is C20H16Cl2N4O2S3. The molecule has 0 aliphatic carbocycles. The maximum Gasteiger partial charge on any atom is 0.355 e. The number of thiazole rings is 1. The van der Waals surface area contributed by atoms with Gasteiger partial charge >= 0.3 is 5.97 Å². The number of nitrogens with zero attached hydrogens (tertiary/aromatic N) is 4. The van der Waals surface area contributed by atoms with Gasteiger partial charge < -0.3 is 5.11 Å². The van der Waals surface area contributed by atoms with E-state index < -0.39 is 5.97 Å². The van der Waals surface area contributed by atoms with Crippen LogP contribution in [0.3, 0.4) is 0 Å². The van der Waals surface area contributed by atoms with E-state index in [0.29, 0.717) is 31.7 Å². The molecule has 0 atom stereocenters. The lowest BCUT2D eigenvalue weighted by atomic mass is 10.1. The standard InChI is InChI=1S/C20H16Cl2N4O2S3/c1-9(2)30-19-16(11-4-5-13(21)14(22)6-11)24-20(31-19)26-17(18(27)28)15(10(3)25-26)12-7-23-29-8-12/h4-9H,1-3H3,(H,27,28). The number of thioether (sulfide) groups is 1. The van der Waals surface area contributed by atoms with Crippen LogP contribution in [0.25, 0.3) is 27.5 Å². The fraction of sp³-hybridized carbons (Fsp3) is 0.200. The third-order valence-corrected chi connectivity index (χ3v) is 7.85. The van der Waals surface area contributed by atoms with Crippen LogP contribution in [0.1, 0.15) is 30.0 Å². The molecule has 0 bridgehead atoms. The van der Waals surface area contributed by atoms with E-state index in [1.54, 1.807) is 37.0 Å². The zero-order chi connectivity index (χ0) is 22.3. The van der Waals surface area contributed by atoms with Crippen molar-refractivity contribution in [1.29, 1.82) is 0 Å². The Hall–Kier alpha value is -1.91. The molecule has 4 rings (SSSR count). The Kier molecular flexibility index (Phi) is 6.41. The molecule has 0 fully saturated rings. The number of benzene rings is 1. The topological polar surface area (TPSA) is 80.9 Å². The summed E-state index contributed by atoms with van der Waals surface area (Å²) in [4.78, 5) is 17.0. The van der Waals surface area contributed by atoms with Gasteiger partial charge in [-0.25, -0.2) is 14.2 Å². The monoisotopic (exact) mass is 510 g/mol. The molecule has 0 spiro atoms. The van der Waals surface area contributed by atoms with Crippen LogP contribution < -0.4 is 0 Å². The molecule has 4 aromatic rings. The van der Waals surface area contributed by atoms with Crippen molar-refractivity contribution in [3.8, 4) is 27.5 Å². The maximum absolute atomic E-state index is 12.2. The number of hydrogen-bond acceptors (Lipinski definition) is 7. The molecule has 0 saturated heterocycles. The van der Waals surface area contributed by atoms with E-state index in [4.69, 9.17) is 28.2 Å². The van der Waals surface area contributed by atoms with Crippen molar-refractivity contribution in [2.24, 2.45) is 0 Å². The van der Waals surface area contributed by atoms with E-state index in [9.17, 15) is 9.90 Å². The number of aromatic carboxylic acids is 1. The average molecular weight is 511 g/mol. The van der Waals surface area contributed by atoms with Crippen LogP contribution in [0.15, 0.2) is 34.0 Å². The summed E-state index contributed by atoms with van der Waals surface area (Å²) >= 11 is 16.6. The number of carboxylic acids is 1. The number of aryl methyl sites for hydroxylation is 1. The molecule has 1 aromatic carbocycles. The Morgan fingerprint density at radius 1 is 1.23 bits per heavy atom.